The van der Waals surface area contributed by atoms with Gasteiger partial charge in [0.25, 0.3) is 0 Å². The van der Waals surface area contributed by atoms with Crippen LogP contribution in [0.4, 0.5) is 5.69 Å². The summed E-state index contributed by atoms with van der Waals surface area (Å²) in [4.78, 5) is 25.8. The third kappa shape index (κ3) is 2.73. The van der Waals surface area contributed by atoms with Crippen LogP contribution in [0.15, 0.2) is 24.3 Å². The van der Waals surface area contributed by atoms with E-state index in [0.717, 1.165) is 12.8 Å². The minimum Gasteiger partial charge on any atom is -0.339 e. The number of benzene rings is 1. The van der Waals surface area contributed by atoms with Crippen LogP contribution in [0.5, 0.6) is 0 Å². The van der Waals surface area contributed by atoms with Gasteiger partial charge in [-0.25, -0.2) is 0 Å². The molecule has 19 heavy (non-hydrogen) atoms. The molecule has 1 aliphatic carbocycles. The number of hydrogen-bond donors (Lipinski definition) is 1. The average Bonchev–Trinajstić information content (AvgIpc) is 3.12. The molecule has 1 saturated carbocycles. The molecule has 1 aromatic rings. The molecule has 2 amide bonds. The number of rotatable bonds is 3. The molecule has 1 aromatic carbocycles. The first-order valence-electron chi connectivity index (χ1n) is 6.49. The van der Waals surface area contributed by atoms with Crippen LogP contribution in [0, 0.1) is 5.92 Å². The number of carbonyl (C=O) groups is 2. The molecule has 0 radical (unpaired) electrons. The number of amides is 2. The van der Waals surface area contributed by atoms with Gasteiger partial charge >= 0.3 is 0 Å². The molecule has 1 N–H and O–H groups in total. The Labute approximate surface area is 116 Å². The van der Waals surface area contributed by atoms with Crippen molar-refractivity contribution >= 4 is 29.1 Å². The van der Waals surface area contributed by atoms with E-state index in [1.165, 1.54) is 0 Å². The maximum absolute atomic E-state index is 12.1. The molecule has 0 spiro atoms. The lowest BCUT2D eigenvalue weighted by molar-refractivity contribution is -0.128. The number of halogens is 1. The number of anilines is 1. The summed E-state index contributed by atoms with van der Waals surface area (Å²) in [7, 11) is 0. The van der Waals surface area contributed by atoms with Gasteiger partial charge in [0.2, 0.25) is 11.8 Å². The van der Waals surface area contributed by atoms with Gasteiger partial charge in [0, 0.05) is 29.7 Å². The number of likely N-dealkylation sites (tertiary alicyclic amines) is 1. The maximum atomic E-state index is 12.1. The number of carbonyl (C=O) groups excluding carboxylic acids is 2. The molecule has 1 unspecified atom stereocenters. The summed E-state index contributed by atoms with van der Waals surface area (Å²) in [6.07, 6.45) is 2.48. The van der Waals surface area contributed by atoms with E-state index in [9.17, 15) is 9.59 Å². The van der Waals surface area contributed by atoms with Crippen LogP contribution in [-0.2, 0) is 9.59 Å². The lowest BCUT2D eigenvalue weighted by atomic mass is 10.1. The fourth-order valence-corrected chi connectivity index (χ4v) is 2.65. The van der Waals surface area contributed by atoms with Crippen molar-refractivity contribution in [2.45, 2.75) is 25.3 Å². The fourth-order valence-electron chi connectivity index (χ4n) is 2.46. The van der Waals surface area contributed by atoms with E-state index in [1.807, 2.05) is 4.90 Å². The third-order valence-corrected chi connectivity index (χ3v) is 3.84. The second kappa shape index (κ2) is 4.85. The Kier molecular flexibility index (Phi) is 3.19. The van der Waals surface area contributed by atoms with E-state index in [1.54, 1.807) is 24.3 Å². The largest absolute Gasteiger partial charge is 0.339 e. The van der Waals surface area contributed by atoms with Crippen molar-refractivity contribution in [1.82, 2.24) is 4.90 Å². The normalized spacial score (nSPS) is 22.7. The highest BCUT2D eigenvalue weighted by atomic mass is 35.5. The zero-order valence-electron chi connectivity index (χ0n) is 10.4. The molecule has 4 nitrogen and oxygen atoms in total. The molecule has 0 bridgehead atoms. The average molecular weight is 279 g/mol. The Balaban J connectivity index is 1.63. The first-order valence-corrected chi connectivity index (χ1v) is 6.87. The van der Waals surface area contributed by atoms with Gasteiger partial charge in [0.1, 0.15) is 0 Å². The molecule has 2 fully saturated rings. The van der Waals surface area contributed by atoms with Gasteiger partial charge in [-0.3, -0.25) is 9.59 Å². The highest BCUT2D eigenvalue weighted by Crippen LogP contribution is 2.33. The molecule has 1 saturated heterocycles. The van der Waals surface area contributed by atoms with Gasteiger partial charge < -0.3 is 10.2 Å². The van der Waals surface area contributed by atoms with Crippen molar-refractivity contribution in [3.05, 3.63) is 29.3 Å². The summed E-state index contributed by atoms with van der Waals surface area (Å²) < 4.78 is 0. The molecule has 1 atom stereocenters. The van der Waals surface area contributed by atoms with Crippen LogP contribution in [0.25, 0.3) is 0 Å². The van der Waals surface area contributed by atoms with Gasteiger partial charge in [-0.15, -0.1) is 0 Å². The van der Waals surface area contributed by atoms with Crippen LogP contribution in [-0.4, -0.2) is 29.3 Å². The predicted molar refractivity (Wildman–Crippen MR) is 72.9 cm³/mol. The van der Waals surface area contributed by atoms with E-state index in [4.69, 9.17) is 11.6 Å². The summed E-state index contributed by atoms with van der Waals surface area (Å²) in [6.45, 7) is 0.551. The topological polar surface area (TPSA) is 49.4 Å². The number of nitrogens with one attached hydrogen (secondary N) is 1. The van der Waals surface area contributed by atoms with Crippen molar-refractivity contribution in [2.75, 3.05) is 11.9 Å². The summed E-state index contributed by atoms with van der Waals surface area (Å²) in [5.41, 5.74) is 0.676. The second-order valence-corrected chi connectivity index (χ2v) is 5.61. The SMILES string of the molecule is O=C(Nc1cccc(Cl)c1)C1CC(=O)N(C2CC2)C1. The molecule has 3 rings (SSSR count). The van der Waals surface area contributed by atoms with Gasteiger partial charge in [-0.2, -0.15) is 0 Å². The molecule has 2 aliphatic rings. The molecule has 100 valence electrons. The Morgan fingerprint density at radius 1 is 1.37 bits per heavy atom. The zero-order chi connectivity index (χ0) is 13.4. The standard InChI is InChI=1S/C14H15ClN2O2/c15-10-2-1-3-11(7-10)16-14(19)9-6-13(18)17(8-9)12-4-5-12/h1-3,7,9,12H,4-6,8H2,(H,16,19). The molecule has 0 aromatic heterocycles. The highest BCUT2D eigenvalue weighted by Gasteiger charge is 2.41. The zero-order valence-corrected chi connectivity index (χ0v) is 11.2. The summed E-state index contributed by atoms with van der Waals surface area (Å²) in [5.74, 6) is -0.236. The minimum absolute atomic E-state index is 0.0984. The first kappa shape index (κ1) is 12.5. The third-order valence-electron chi connectivity index (χ3n) is 3.61. The van der Waals surface area contributed by atoms with Gasteiger partial charge in [0.15, 0.2) is 0 Å². The fraction of sp³-hybridized carbons (Fsp3) is 0.429. The van der Waals surface area contributed by atoms with Crippen LogP contribution >= 0.6 is 11.6 Å². The number of hydrogen-bond acceptors (Lipinski definition) is 2. The van der Waals surface area contributed by atoms with Crippen LogP contribution in [0.1, 0.15) is 19.3 Å². The highest BCUT2D eigenvalue weighted by molar-refractivity contribution is 6.30. The van der Waals surface area contributed by atoms with Gasteiger partial charge in [-0.1, -0.05) is 17.7 Å². The van der Waals surface area contributed by atoms with Gasteiger partial charge in [0.05, 0.1) is 5.92 Å². The quantitative estimate of drug-likeness (QED) is 0.922. The lowest BCUT2D eigenvalue weighted by Gasteiger charge is -2.15. The minimum atomic E-state index is -0.243. The number of nitrogens with zero attached hydrogens (tertiary/aromatic N) is 1. The van der Waals surface area contributed by atoms with Crippen molar-refractivity contribution in [1.29, 1.82) is 0 Å². The van der Waals surface area contributed by atoms with E-state index in [2.05, 4.69) is 5.32 Å². The smallest absolute Gasteiger partial charge is 0.229 e. The lowest BCUT2D eigenvalue weighted by Crippen LogP contribution is -2.29. The monoisotopic (exact) mass is 278 g/mol. The molecule has 1 heterocycles. The Morgan fingerprint density at radius 3 is 2.84 bits per heavy atom. The van der Waals surface area contributed by atoms with Crippen LogP contribution < -0.4 is 5.32 Å². The summed E-state index contributed by atoms with van der Waals surface area (Å²) >= 11 is 5.87. The molecular weight excluding hydrogens is 264 g/mol. The Hall–Kier alpha value is -1.55. The van der Waals surface area contributed by atoms with Crippen molar-refractivity contribution in [3.8, 4) is 0 Å². The van der Waals surface area contributed by atoms with Crippen LogP contribution in [0.3, 0.4) is 0 Å². The second-order valence-electron chi connectivity index (χ2n) is 5.18. The molecule has 5 heteroatoms. The van der Waals surface area contributed by atoms with E-state index in [0.29, 0.717) is 29.7 Å². The van der Waals surface area contributed by atoms with Crippen LogP contribution in [0.2, 0.25) is 5.02 Å². The first-order chi connectivity index (χ1) is 9.13. The van der Waals surface area contributed by atoms with Crippen molar-refractivity contribution in [3.63, 3.8) is 0 Å². The van der Waals surface area contributed by atoms with Crippen molar-refractivity contribution in [2.24, 2.45) is 5.92 Å². The van der Waals surface area contributed by atoms with E-state index >= 15 is 0 Å². The maximum Gasteiger partial charge on any atom is 0.229 e. The van der Waals surface area contributed by atoms with E-state index in [-0.39, 0.29) is 17.7 Å². The van der Waals surface area contributed by atoms with Crippen molar-refractivity contribution < 1.29 is 9.59 Å². The van der Waals surface area contributed by atoms with Gasteiger partial charge in [-0.05, 0) is 31.0 Å². The van der Waals surface area contributed by atoms with E-state index < -0.39 is 0 Å². The molecule has 1 aliphatic heterocycles. The summed E-state index contributed by atoms with van der Waals surface area (Å²) in [5, 5.41) is 3.41. The Morgan fingerprint density at radius 2 is 2.16 bits per heavy atom. The molecular formula is C14H15ClN2O2. The summed E-state index contributed by atoms with van der Waals surface area (Å²) in [6, 6.07) is 7.42. The Bertz CT molecular complexity index is 528. The predicted octanol–water partition coefficient (Wildman–Crippen LogP) is 2.29.